The number of hydrogen-bond acceptors (Lipinski definition) is 7. The highest BCUT2D eigenvalue weighted by molar-refractivity contribution is 6.02. The summed E-state index contributed by atoms with van der Waals surface area (Å²) in [5.74, 6) is 0.711. The minimum atomic E-state index is -0.298. The van der Waals surface area contributed by atoms with Gasteiger partial charge in [-0.2, -0.15) is 4.98 Å². The van der Waals surface area contributed by atoms with E-state index in [1.54, 1.807) is 13.4 Å². The van der Waals surface area contributed by atoms with Gasteiger partial charge in [0.1, 0.15) is 17.7 Å². The SMILES string of the molecule is C=CC(=O)Nc1cc(Nc2ncn3cc(-c4ccn(C)c4)cc3n2)c(OC)cc1N(C)CCN(C)C. The number of carbonyl (C=O) groups is 1. The van der Waals surface area contributed by atoms with E-state index in [4.69, 9.17) is 4.74 Å². The lowest BCUT2D eigenvalue weighted by Gasteiger charge is -2.25. The molecule has 0 spiro atoms. The van der Waals surface area contributed by atoms with Gasteiger partial charge in [-0.1, -0.05) is 6.58 Å². The zero-order valence-corrected chi connectivity index (χ0v) is 21.3. The van der Waals surface area contributed by atoms with Gasteiger partial charge in [0.25, 0.3) is 0 Å². The van der Waals surface area contributed by atoms with Crippen LogP contribution in [0.2, 0.25) is 0 Å². The third-order valence-corrected chi connectivity index (χ3v) is 5.82. The van der Waals surface area contributed by atoms with Crippen molar-refractivity contribution in [2.75, 3.05) is 56.9 Å². The fraction of sp³-hybridized carbons (Fsp3) is 0.269. The van der Waals surface area contributed by atoms with E-state index in [9.17, 15) is 4.79 Å². The fourth-order valence-electron chi connectivity index (χ4n) is 3.82. The van der Waals surface area contributed by atoms with Crippen molar-refractivity contribution in [3.63, 3.8) is 0 Å². The summed E-state index contributed by atoms with van der Waals surface area (Å²) in [4.78, 5) is 25.5. The van der Waals surface area contributed by atoms with Crippen LogP contribution in [0.3, 0.4) is 0 Å². The lowest BCUT2D eigenvalue weighted by atomic mass is 10.2. The van der Waals surface area contributed by atoms with Crippen molar-refractivity contribution in [2.45, 2.75) is 0 Å². The largest absolute Gasteiger partial charge is 0.494 e. The van der Waals surface area contributed by atoms with Crippen molar-refractivity contribution in [1.29, 1.82) is 0 Å². The summed E-state index contributed by atoms with van der Waals surface area (Å²) in [5, 5.41) is 6.15. The Bertz CT molecular complexity index is 1390. The Morgan fingerprint density at radius 1 is 1.14 bits per heavy atom. The maximum atomic E-state index is 12.2. The molecule has 2 N–H and O–H groups in total. The van der Waals surface area contributed by atoms with Crippen LogP contribution in [0, 0.1) is 0 Å². The number of carbonyl (C=O) groups excluding carboxylic acids is 1. The molecule has 0 radical (unpaired) electrons. The minimum Gasteiger partial charge on any atom is -0.494 e. The fourth-order valence-corrected chi connectivity index (χ4v) is 3.82. The lowest BCUT2D eigenvalue weighted by Crippen LogP contribution is -2.29. The molecule has 0 atom stereocenters. The number of methoxy groups -OCH3 is 1. The predicted octanol–water partition coefficient (Wildman–Crippen LogP) is 3.61. The monoisotopic (exact) mass is 488 g/mol. The van der Waals surface area contributed by atoms with E-state index < -0.39 is 0 Å². The van der Waals surface area contributed by atoms with Gasteiger partial charge in [-0.15, -0.1) is 0 Å². The van der Waals surface area contributed by atoms with Gasteiger partial charge in [0.05, 0.1) is 24.2 Å². The molecule has 10 nitrogen and oxygen atoms in total. The van der Waals surface area contributed by atoms with Crippen molar-refractivity contribution >= 4 is 34.6 Å². The number of amides is 1. The van der Waals surface area contributed by atoms with Crippen molar-refractivity contribution in [2.24, 2.45) is 7.05 Å². The molecule has 188 valence electrons. The molecule has 4 aromatic rings. The smallest absolute Gasteiger partial charge is 0.247 e. The zero-order valence-electron chi connectivity index (χ0n) is 21.3. The van der Waals surface area contributed by atoms with E-state index in [-0.39, 0.29) is 5.91 Å². The minimum absolute atomic E-state index is 0.298. The second-order valence-corrected chi connectivity index (χ2v) is 8.85. The summed E-state index contributed by atoms with van der Waals surface area (Å²) in [5.41, 5.74) is 4.99. The van der Waals surface area contributed by atoms with Crippen LogP contribution in [-0.2, 0) is 11.8 Å². The maximum absolute atomic E-state index is 12.2. The highest BCUT2D eigenvalue weighted by atomic mass is 16.5. The number of aromatic nitrogens is 4. The maximum Gasteiger partial charge on any atom is 0.247 e. The topological polar surface area (TPSA) is 92.0 Å². The van der Waals surface area contributed by atoms with Gasteiger partial charge in [-0.25, -0.2) is 4.98 Å². The number of hydrogen-bond donors (Lipinski definition) is 2. The van der Waals surface area contributed by atoms with Gasteiger partial charge in [0, 0.05) is 63.0 Å². The summed E-state index contributed by atoms with van der Waals surface area (Å²) >= 11 is 0. The first kappa shape index (κ1) is 24.8. The quantitative estimate of drug-likeness (QED) is 0.330. The molecular formula is C26H32N8O2. The molecule has 0 bridgehead atoms. The highest BCUT2D eigenvalue weighted by Crippen LogP contribution is 2.38. The van der Waals surface area contributed by atoms with E-state index in [1.165, 1.54) is 6.08 Å². The number of fused-ring (bicyclic) bond motifs is 1. The van der Waals surface area contributed by atoms with Crippen molar-refractivity contribution in [3.05, 3.63) is 61.8 Å². The van der Waals surface area contributed by atoms with Crippen LogP contribution in [0.15, 0.2) is 61.8 Å². The van der Waals surface area contributed by atoms with Crippen LogP contribution >= 0.6 is 0 Å². The molecule has 3 aromatic heterocycles. The molecule has 0 aliphatic rings. The third kappa shape index (κ3) is 5.49. The molecule has 1 aromatic carbocycles. The van der Waals surface area contributed by atoms with Crippen LogP contribution in [0.1, 0.15) is 0 Å². The van der Waals surface area contributed by atoms with E-state index >= 15 is 0 Å². The van der Waals surface area contributed by atoms with Gasteiger partial charge in [-0.3, -0.25) is 9.20 Å². The standard InChI is InChI=1S/C26H32N8O2/c1-7-25(35)28-20-13-21(23(36-6)14-22(20)33(5)11-10-31(2)3)29-26-27-17-34-16-19(12-24(34)30-26)18-8-9-32(4)15-18/h7-9,12-17H,1,10-11H2,2-6H3,(H,28,35)(H,29,30). The molecule has 0 aliphatic carbocycles. The first-order valence-corrected chi connectivity index (χ1v) is 11.5. The van der Waals surface area contributed by atoms with Gasteiger partial charge in [-0.05, 0) is 38.4 Å². The molecule has 4 rings (SSSR count). The van der Waals surface area contributed by atoms with Crippen molar-refractivity contribution < 1.29 is 9.53 Å². The van der Waals surface area contributed by atoms with Crippen LogP contribution in [-0.4, -0.2) is 71.1 Å². The Labute approximate surface area is 210 Å². The Balaban J connectivity index is 1.67. The summed E-state index contributed by atoms with van der Waals surface area (Å²) in [6, 6.07) is 7.78. The average molecular weight is 489 g/mol. The first-order valence-electron chi connectivity index (χ1n) is 11.5. The Hall–Kier alpha value is -4.31. The first-order chi connectivity index (χ1) is 17.3. The van der Waals surface area contributed by atoms with E-state index in [0.717, 1.165) is 35.6 Å². The summed E-state index contributed by atoms with van der Waals surface area (Å²) < 4.78 is 9.56. The molecule has 36 heavy (non-hydrogen) atoms. The molecule has 0 fully saturated rings. The number of benzene rings is 1. The molecule has 0 aliphatic heterocycles. The number of nitrogens with one attached hydrogen (secondary N) is 2. The van der Waals surface area contributed by atoms with Gasteiger partial charge in [0.15, 0.2) is 0 Å². The number of rotatable bonds is 10. The number of likely N-dealkylation sites (N-methyl/N-ethyl adjacent to an activating group) is 2. The normalized spacial score (nSPS) is 11.1. The summed E-state index contributed by atoms with van der Waals surface area (Å²) in [6.07, 6.45) is 9.02. The second kappa shape index (κ2) is 10.5. The molecule has 0 unspecified atom stereocenters. The summed E-state index contributed by atoms with van der Waals surface area (Å²) in [6.45, 7) is 5.19. The van der Waals surface area contributed by atoms with Crippen LogP contribution < -0.4 is 20.3 Å². The average Bonchev–Trinajstić information content (AvgIpc) is 3.48. The van der Waals surface area contributed by atoms with Gasteiger partial charge >= 0.3 is 0 Å². The van der Waals surface area contributed by atoms with Crippen LogP contribution in [0.25, 0.3) is 16.8 Å². The highest BCUT2D eigenvalue weighted by Gasteiger charge is 2.17. The molecule has 1 amide bonds. The predicted molar refractivity (Wildman–Crippen MR) is 144 cm³/mol. The zero-order chi connectivity index (χ0) is 25.8. The number of anilines is 4. The van der Waals surface area contributed by atoms with E-state index in [1.807, 2.05) is 67.8 Å². The molecular weight excluding hydrogens is 456 g/mol. The van der Waals surface area contributed by atoms with E-state index in [2.05, 4.69) is 49.2 Å². The molecule has 0 saturated carbocycles. The van der Waals surface area contributed by atoms with Crippen LogP contribution in [0.5, 0.6) is 5.75 Å². The summed E-state index contributed by atoms with van der Waals surface area (Å²) in [7, 11) is 9.61. The number of ether oxygens (including phenoxy) is 1. The van der Waals surface area contributed by atoms with Gasteiger partial charge in [0.2, 0.25) is 11.9 Å². The number of nitrogens with zero attached hydrogens (tertiary/aromatic N) is 6. The second-order valence-electron chi connectivity index (χ2n) is 8.85. The molecule has 0 saturated heterocycles. The molecule has 3 heterocycles. The van der Waals surface area contributed by atoms with Crippen molar-refractivity contribution in [3.8, 4) is 16.9 Å². The third-order valence-electron chi connectivity index (χ3n) is 5.82. The van der Waals surface area contributed by atoms with Crippen molar-refractivity contribution in [1.82, 2.24) is 23.8 Å². The Morgan fingerprint density at radius 2 is 1.94 bits per heavy atom. The van der Waals surface area contributed by atoms with E-state index in [0.29, 0.717) is 23.1 Å². The Morgan fingerprint density at radius 3 is 2.61 bits per heavy atom. The van der Waals surface area contributed by atoms with Crippen LogP contribution in [0.4, 0.5) is 23.0 Å². The van der Waals surface area contributed by atoms with Gasteiger partial charge < -0.3 is 29.7 Å². The Kier molecular flexibility index (Phi) is 7.25. The lowest BCUT2D eigenvalue weighted by molar-refractivity contribution is -0.111. The number of aryl methyl sites for hydroxylation is 1. The molecule has 10 heteroatoms.